The van der Waals surface area contributed by atoms with Crippen molar-refractivity contribution in [2.24, 2.45) is 29.6 Å². The van der Waals surface area contributed by atoms with Crippen LogP contribution in [0.25, 0.3) is 0 Å². The fourth-order valence-electron chi connectivity index (χ4n) is 4.86. The lowest BCUT2D eigenvalue weighted by Gasteiger charge is -2.54. The summed E-state index contributed by atoms with van der Waals surface area (Å²) in [6, 6.07) is 0. The van der Waals surface area contributed by atoms with Crippen molar-refractivity contribution >= 4 is 11.9 Å². The van der Waals surface area contributed by atoms with Gasteiger partial charge in [-0.3, -0.25) is 9.59 Å². The Morgan fingerprint density at radius 3 is 2.00 bits per heavy atom. The Labute approximate surface area is 107 Å². The number of carbonyl (C=O) groups excluding carboxylic acids is 1. The highest BCUT2D eigenvalue weighted by Gasteiger charge is 2.51. The van der Waals surface area contributed by atoms with Gasteiger partial charge in [-0.25, -0.2) is 0 Å². The normalized spacial score (nSPS) is 40.8. The van der Waals surface area contributed by atoms with Crippen molar-refractivity contribution in [2.45, 2.75) is 32.1 Å². The molecule has 4 bridgehead atoms. The highest BCUT2D eigenvalue weighted by Crippen LogP contribution is 2.56. The number of carboxylic acids is 1. The summed E-state index contributed by atoms with van der Waals surface area (Å²) in [7, 11) is 1.63. The first-order valence-corrected chi connectivity index (χ1v) is 7.01. The van der Waals surface area contributed by atoms with Gasteiger partial charge < -0.3 is 10.0 Å². The number of carboxylic acid groups (broad SMARTS) is 1. The van der Waals surface area contributed by atoms with Gasteiger partial charge >= 0.3 is 5.97 Å². The van der Waals surface area contributed by atoms with E-state index in [1.165, 1.54) is 37.0 Å². The molecule has 0 aromatic heterocycles. The maximum absolute atomic E-state index is 12.4. The maximum atomic E-state index is 12.4. The summed E-state index contributed by atoms with van der Waals surface area (Å²) in [5.74, 6) is 2.03. The largest absolute Gasteiger partial charge is 0.480 e. The third-order valence-corrected chi connectivity index (χ3v) is 5.26. The zero-order valence-electron chi connectivity index (χ0n) is 10.8. The molecule has 4 rings (SSSR count). The highest BCUT2D eigenvalue weighted by atomic mass is 16.4. The minimum absolute atomic E-state index is 0.0752. The molecule has 0 aliphatic heterocycles. The summed E-state index contributed by atoms with van der Waals surface area (Å²) in [5, 5.41) is 8.79. The van der Waals surface area contributed by atoms with Crippen molar-refractivity contribution in [1.82, 2.24) is 4.90 Å². The van der Waals surface area contributed by atoms with Gasteiger partial charge in [0.15, 0.2) is 0 Å². The monoisotopic (exact) mass is 251 g/mol. The average molecular weight is 251 g/mol. The molecule has 1 amide bonds. The molecular formula is C14H21NO3. The molecule has 1 N–H and O–H groups in total. The number of likely N-dealkylation sites (N-methyl/N-ethyl adjacent to an activating group) is 1. The average Bonchev–Trinajstić information content (AvgIpc) is 2.26. The molecule has 0 aromatic rings. The van der Waals surface area contributed by atoms with Crippen LogP contribution in [-0.2, 0) is 9.59 Å². The number of hydrogen-bond acceptors (Lipinski definition) is 2. The Bertz CT molecular complexity index is 351. The predicted octanol–water partition coefficient (Wildman–Crippen LogP) is 1.60. The number of aliphatic carboxylic acids is 1. The summed E-state index contributed by atoms with van der Waals surface area (Å²) in [6.07, 6.45) is 6.17. The lowest BCUT2D eigenvalue weighted by atomic mass is 9.51. The van der Waals surface area contributed by atoms with Gasteiger partial charge in [0.25, 0.3) is 0 Å². The number of hydrogen-bond donors (Lipinski definition) is 1. The van der Waals surface area contributed by atoms with E-state index in [0.717, 1.165) is 11.8 Å². The van der Waals surface area contributed by atoms with Crippen LogP contribution in [0.1, 0.15) is 32.1 Å². The predicted molar refractivity (Wildman–Crippen MR) is 65.8 cm³/mol. The van der Waals surface area contributed by atoms with Crippen LogP contribution in [-0.4, -0.2) is 35.5 Å². The lowest BCUT2D eigenvalue weighted by Crippen LogP contribution is -2.51. The van der Waals surface area contributed by atoms with E-state index >= 15 is 0 Å². The quantitative estimate of drug-likeness (QED) is 0.829. The highest BCUT2D eigenvalue weighted by molar-refractivity contribution is 5.83. The van der Waals surface area contributed by atoms with Crippen LogP contribution in [0, 0.1) is 29.6 Å². The van der Waals surface area contributed by atoms with Crippen molar-refractivity contribution in [3.63, 3.8) is 0 Å². The van der Waals surface area contributed by atoms with E-state index in [9.17, 15) is 9.59 Å². The number of amides is 1. The Hall–Kier alpha value is -1.06. The number of carbonyl (C=O) groups is 2. The second-order valence-corrected chi connectivity index (χ2v) is 6.54. The van der Waals surface area contributed by atoms with E-state index in [1.807, 2.05) is 0 Å². The first-order chi connectivity index (χ1) is 8.54. The summed E-state index contributed by atoms with van der Waals surface area (Å²) in [4.78, 5) is 24.6. The Kier molecular flexibility index (Phi) is 2.83. The molecule has 0 aromatic carbocycles. The minimum atomic E-state index is -0.922. The summed E-state index contributed by atoms with van der Waals surface area (Å²) < 4.78 is 0. The minimum Gasteiger partial charge on any atom is -0.480 e. The van der Waals surface area contributed by atoms with E-state index < -0.39 is 5.97 Å². The Balaban J connectivity index is 1.72. The van der Waals surface area contributed by atoms with E-state index in [-0.39, 0.29) is 18.4 Å². The molecule has 4 saturated carbocycles. The molecule has 0 atom stereocenters. The zero-order valence-corrected chi connectivity index (χ0v) is 10.8. The maximum Gasteiger partial charge on any atom is 0.323 e. The molecule has 0 spiro atoms. The molecule has 4 nitrogen and oxygen atoms in total. The fraction of sp³-hybridized carbons (Fsp3) is 0.857. The van der Waals surface area contributed by atoms with Crippen LogP contribution >= 0.6 is 0 Å². The molecule has 4 aliphatic rings. The number of rotatable bonds is 3. The first kappa shape index (κ1) is 12.0. The molecular weight excluding hydrogens is 230 g/mol. The molecule has 0 heterocycles. The first-order valence-electron chi connectivity index (χ1n) is 7.01. The van der Waals surface area contributed by atoms with Crippen LogP contribution in [0.5, 0.6) is 0 Å². The third-order valence-electron chi connectivity index (χ3n) is 5.26. The van der Waals surface area contributed by atoms with Gasteiger partial charge in [-0.2, -0.15) is 0 Å². The van der Waals surface area contributed by atoms with Crippen LogP contribution in [0.4, 0.5) is 0 Å². The standard InChI is InChI=1S/C14H21NO3/c1-15(7-12(16)17)14(18)13-10-3-8-2-9(5-10)6-11(13)4-8/h8-11,13H,2-7H2,1H3,(H,16,17). The molecule has 0 radical (unpaired) electrons. The van der Waals surface area contributed by atoms with E-state index in [0.29, 0.717) is 11.8 Å². The Morgan fingerprint density at radius 1 is 1.06 bits per heavy atom. The molecule has 0 saturated heterocycles. The van der Waals surface area contributed by atoms with Gasteiger partial charge in [0, 0.05) is 13.0 Å². The van der Waals surface area contributed by atoms with Crippen LogP contribution in [0.2, 0.25) is 0 Å². The van der Waals surface area contributed by atoms with E-state index in [2.05, 4.69) is 0 Å². The zero-order chi connectivity index (χ0) is 12.9. The SMILES string of the molecule is CN(CC(=O)O)C(=O)C1C2CC3CC(C2)CC1C3. The molecule has 100 valence electrons. The molecule has 4 fully saturated rings. The van der Waals surface area contributed by atoms with Gasteiger partial charge in [0.2, 0.25) is 5.91 Å². The topological polar surface area (TPSA) is 57.6 Å². The fourth-order valence-corrected chi connectivity index (χ4v) is 4.86. The lowest BCUT2D eigenvalue weighted by molar-refractivity contribution is -0.153. The van der Waals surface area contributed by atoms with Gasteiger partial charge in [-0.1, -0.05) is 0 Å². The second-order valence-electron chi connectivity index (χ2n) is 6.54. The van der Waals surface area contributed by atoms with Crippen LogP contribution in [0.3, 0.4) is 0 Å². The van der Waals surface area contributed by atoms with Crippen molar-refractivity contribution in [2.75, 3.05) is 13.6 Å². The molecule has 18 heavy (non-hydrogen) atoms. The van der Waals surface area contributed by atoms with Crippen LogP contribution in [0.15, 0.2) is 0 Å². The van der Waals surface area contributed by atoms with Crippen molar-refractivity contribution < 1.29 is 14.7 Å². The summed E-state index contributed by atoms with van der Waals surface area (Å²) in [5.41, 5.74) is 0. The van der Waals surface area contributed by atoms with Crippen molar-refractivity contribution in [3.8, 4) is 0 Å². The van der Waals surface area contributed by atoms with E-state index in [4.69, 9.17) is 5.11 Å². The number of nitrogens with zero attached hydrogens (tertiary/aromatic N) is 1. The van der Waals surface area contributed by atoms with Gasteiger partial charge in [0.05, 0.1) is 0 Å². The van der Waals surface area contributed by atoms with Crippen molar-refractivity contribution in [3.05, 3.63) is 0 Å². The van der Waals surface area contributed by atoms with Gasteiger partial charge in [-0.15, -0.1) is 0 Å². The third kappa shape index (κ3) is 1.91. The van der Waals surface area contributed by atoms with Crippen molar-refractivity contribution in [1.29, 1.82) is 0 Å². The van der Waals surface area contributed by atoms with Gasteiger partial charge in [0.1, 0.15) is 6.54 Å². The smallest absolute Gasteiger partial charge is 0.323 e. The van der Waals surface area contributed by atoms with Gasteiger partial charge in [-0.05, 0) is 55.8 Å². The molecule has 0 unspecified atom stereocenters. The summed E-state index contributed by atoms with van der Waals surface area (Å²) in [6.45, 7) is -0.165. The van der Waals surface area contributed by atoms with E-state index in [1.54, 1.807) is 7.05 Å². The molecule has 4 aliphatic carbocycles. The van der Waals surface area contributed by atoms with Crippen LogP contribution < -0.4 is 0 Å². The summed E-state index contributed by atoms with van der Waals surface area (Å²) >= 11 is 0. The Morgan fingerprint density at radius 2 is 1.56 bits per heavy atom. The second kappa shape index (κ2) is 4.25. The molecule has 4 heteroatoms.